The quantitative estimate of drug-likeness (QED) is 0.543. The second kappa shape index (κ2) is 10.6. The molecule has 1 aliphatic heterocycles. The zero-order chi connectivity index (χ0) is 22.4. The first-order chi connectivity index (χ1) is 14.1. The van der Waals surface area contributed by atoms with E-state index in [9.17, 15) is 26.4 Å². The molecule has 0 bridgehead atoms. The van der Waals surface area contributed by atoms with Crippen LogP contribution in [-0.4, -0.2) is 78.5 Å². The minimum absolute atomic E-state index is 0.00540. The highest BCUT2D eigenvalue weighted by molar-refractivity contribution is 7.92. The van der Waals surface area contributed by atoms with E-state index < -0.39 is 27.5 Å². The Labute approximate surface area is 174 Å². The summed E-state index contributed by atoms with van der Waals surface area (Å²) in [6.07, 6.45) is -4.38. The van der Waals surface area contributed by atoms with Crippen LogP contribution in [0.2, 0.25) is 0 Å². The van der Waals surface area contributed by atoms with E-state index >= 15 is 0 Å². The van der Waals surface area contributed by atoms with Gasteiger partial charge in [-0.25, -0.2) is 8.42 Å². The Hall–Kier alpha value is -1.69. The Balaban J connectivity index is 2.26. The number of rotatable bonds is 10. The summed E-state index contributed by atoms with van der Waals surface area (Å²) in [6.45, 7) is 2.12. The first kappa shape index (κ1) is 24.6. The fourth-order valence-electron chi connectivity index (χ4n) is 3.21. The number of methoxy groups -OCH3 is 2. The second-order valence-electron chi connectivity index (χ2n) is 6.97. The third-order valence-electron chi connectivity index (χ3n) is 4.88. The number of hydrogen-bond acceptors (Lipinski definition) is 6. The number of hydrogen-bond donors (Lipinski definition) is 0. The maximum Gasteiger partial charge on any atom is 0.416 e. The number of Topliss-reactive ketones (excluding diaryl/α,β-unsaturated/α-hetero) is 1. The Morgan fingerprint density at radius 2 is 1.73 bits per heavy atom. The van der Waals surface area contributed by atoms with E-state index in [4.69, 9.17) is 9.47 Å². The van der Waals surface area contributed by atoms with Crippen molar-refractivity contribution in [3.05, 3.63) is 29.3 Å². The third-order valence-corrected chi connectivity index (χ3v) is 6.63. The van der Waals surface area contributed by atoms with E-state index in [1.54, 1.807) is 14.2 Å². The van der Waals surface area contributed by atoms with Crippen LogP contribution in [0.1, 0.15) is 28.8 Å². The smallest absolute Gasteiger partial charge is 0.383 e. The molecule has 0 radical (unpaired) electrons. The van der Waals surface area contributed by atoms with Crippen LogP contribution in [0.4, 0.5) is 18.9 Å². The fourth-order valence-corrected chi connectivity index (χ4v) is 4.79. The normalized spacial score (nSPS) is 15.4. The molecule has 0 spiro atoms. The fraction of sp³-hybridized carbons (Fsp3) is 0.632. The van der Waals surface area contributed by atoms with Crippen molar-refractivity contribution in [1.82, 2.24) is 4.90 Å². The van der Waals surface area contributed by atoms with Gasteiger partial charge in [0, 0.05) is 52.4 Å². The summed E-state index contributed by atoms with van der Waals surface area (Å²) >= 11 is 0. The van der Waals surface area contributed by atoms with E-state index in [2.05, 4.69) is 0 Å². The van der Waals surface area contributed by atoms with Crippen LogP contribution in [-0.2, 0) is 25.7 Å². The van der Waals surface area contributed by atoms with Gasteiger partial charge in [-0.15, -0.1) is 0 Å². The van der Waals surface area contributed by atoms with Gasteiger partial charge < -0.3 is 9.47 Å². The second-order valence-corrected chi connectivity index (χ2v) is 8.98. The predicted octanol–water partition coefficient (Wildman–Crippen LogP) is 2.41. The maximum absolute atomic E-state index is 13.1. The van der Waals surface area contributed by atoms with Crippen molar-refractivity contribution in [1.29, 1.82) is 0 Å². The molecule has 1 aliphatic rings. The summed E-state index contributed by atoms with van der Waals surface area (Å²) < 4.78 is 76.4. The van der Waals surface area contributed by atoms with Crippen LogP contribution >= 0.6 is 0 Å². The lowest BCUT2D eigenvalue weighted by atomic mass is 10.0. The van der Waals surface area contributed by atoms with Crippen LogP contribution in [0, 0.1) is 0 Å². The van der Waals surface area contributed by atoms with Crippen LogP contribution in [0.3, 0.4) is 0 Å². The molecule has 11 heteroatoms. The monoisotopic (exact) mass is 452 g/mol. The van der Waals surface area contributed by atoms with Crippen LogP contribution < -0.4 is 4.31 Å². The van der Waals surface area contributed by atoms with Gasteiger partial charge in [0.25, 0.3) is 0 Å². The summed E-state index contributed by atoms with van der Waals surface area (Å²) in [5.41, 5.74) is -1.17. The molecular formula is C19H27F3N2O5S. The number of benzene rings is 1. The van der Waals surface area contributed by atoms with Gasteiger partial charge in [0.1, 0.15) is 0 Å². The number of alkyl halides is 3. The first-order valence-electron chi connectivity index (χ1n) is 9.55. The Morgan fingerprint density at radius 3 is 2.30 bits per heavy atom. The summed E-state index contributed by atoms with van der Waals surface area (Å²) in [5, 5.41) is 0. The minimum atomic E-state index is -4.62. The molecule has 170 valence electrons. The highest BCUT2D eigenvalue weighted by Crippen LogP contribution is 2.35. The number of fused-ring (bicyclic) bond motifs is 1. The number of anilines is 1. The van der Waals surface area contributed by atoms with Crippen molar-refractivity contribution >= 4 is 21.5 Å². The molecule has 0 N–H and O–H groups in total. The third kappa shape index (κ3) is 6.40. The van der Waals surface area contributed by atoms with Crippen molar-refractivity contribution in [2.24, 2.45) is 0 Å². The number of halogens is 3. The van der Waals surface area contributed by atoms with Gasteiger partial charge in [0.05, 0.1) is 30.2 Å². The summed E-state index contributed by atoms with van der Waals surface area (Å²) in [6, 6.07) is 2.63. The molecule has 0 amide bonds. The van der Waals surface area contributed by atoms with Crippen molar-refractivity contribution in [2.45, 2.75) is 19.0 Å². The zero-order valence-corrected chi connectivity index (χ0v) is 17.9. The molecule has 2 rings (SSSR count). The molecule has 0 aromatic heterocycles. The van der Waals surface area contributed by atoms with Crippen molar-refractivity contribution in [3.8, 4) is 0 Å². The average molecular weight is 452 g/mol. The van der Waals surface area contributed by atoms with Gasteiger partial charge in [0.2, 0.25) is 10.0 Å². The number of carbonyl (C=O) groups excluding carboxylic acids is 1. The Bertz CT molecular complexity index is 822. The molecule has 30 heavy (non-hydrogen) atoms. The summed E-state index contributed by atoms with van der Waals surface area (Å²) in [5.74, 6) is -0.731. The van der Waals surface area contributed by atoms with E-state index in [-0.39, 0.29) is 42.9 Å². The molecule has 0 aliphatic carbocycles. The van der Waals surface area contributed by atoms with Crippen molar-refractivity contribution in [3.63, 3.8) is 0 Å². The first-order valence-corrected chi connectivity index (χ1v) is 11.2. The Kier molecular flexibility index (Phi) is 8.65. The zero-order valence-electron chi connectivity index (χ0n) is 17.1. The maximum atomic E-state index is 13.1. The summed E-state index contributed by atoms with van der Waals surface area (Å²) in [4.78, 5) is 14.2. The minimum Gasteiger partial charge on any atom is -0.383 e. The van der Waals surface area contributed by atoms with Gasteiger partial charge in [-0.1, -0.05) is 0 Å². The number of carbonyl (C=O) groups is 1. The standard InChI is InChI=1S/C19H27F3N2O5S/c1-28-11-8-23(9-12-29-2)10-13-30(26,27)24-7-3-4-18(25)16-14-15(19(20,21)22)5-6-17(16)24/h5-6,14H,3-4,7-13H2,1-2H3. The van der Waals surface area contributed by atoms with Crippen LogP contribution in [0.25, 0.3) is 0 Å². The lowest BCUT2D eigenvalue weighted by Gasteiger charge is -2.27. The lowest BCUT2D eigenvalue weighted by Crippen LogP contribution is -2.40. The lowest BCUT2D eigenvalue weighted by molar-refractivity contribution is -0.137. The van der Waals surface area contributed by atoms with Crippen molar-refractivity contribution < 1.29 is 35.9 Å². The number of ketones is 1. The van der Waals surface area contributed by atoms with Gasteiger partial charge in [-0.05, 0) is 24.6 Å². The molecule has 7 nitrogen and oxygen atoms in total. The molecule has 0 unspecified atom stereocenters. The largest absolute Gasteiger partial charge is 0.416 e. The van der Waals surface area contributed by atoms with Gasteiger partial charge >= 0.3 is 6.18 Å². The molecule has 1 heterocycles. The average Bonchev–Trinajstić information content (AvgIpc) is 2.85. The van der Waals surface area contributed by atoms with Crippen LogP contribution in [0.5, 0.6) is 0 Å². The molecule has 0 saturated heterocycles. The SMILES string of the molecule is COCCN(CCOC)CCS(=O)(=O)N1CCCC(=O)c2cc(C(F)(F)F)ccc21. The molecule has 0 fully saturated rings. The number of sulfonamides is 1. The van der Waals surface area contributed by atoms with E-state index in [0.717, 1.165) is 22.5 Å². The highest BCUT2D eigenvalue weighted by Gasteiger charge is 2.35. The van der Waals surface area contributed by atoms with E-state index in [1.807, 2.05) is 4.90 Å². The topological polar surface area (TPSA) is 76.2 Å². The Morgan fingerprint density at radius 1 is 1.10 bits per heavy atom. The van der Waals surface area contributed by atoms with Gasteiger partial charge in [0.15, 0.2) is 5.78 Å². The van der Waals surface area contributed by atoms with Gasteiger partial charge in [-0.2, -0.15) is 13.2 Å². The molecule has 1 aromatic carbocycles. The molecule has 1 aromatic rings. The van der Waals surface area contributed by atoms with E-state index in [0.29, 0.717) is 26.3 Å². The molecule has 0 atom stereocenters. The number of ether oxygens (including phenoxy) is 2. The molecular weight excluding hydrogens is 425 g/mol. The van der Waals surface area contributed by atoms with Gasteiger partial charge in [-0.3, -0.25) is 14.0 Å². The van der Waals surface area contributed by atoms with Crippen LogP contribution in [0.15, 0.2) is 18.2 Å². The molecule has 0 saturated carbocycles. The number of nitrogens with zero attached hydrogens (tertiary/aromatic N) is 2. The van der Waals surface area contributed by atoms with E-state index in [1.165, 1.54) is 0 Å². The summed E-state index contributed by atoms with van der Waals surface area (Å²) in [7, 11) is -0.766. The predicted molar refractivity (Wildman–Crippen MR) is 106 cm³/mol. The highest BCUT2D eigenvalue weighted by atomic mass is 32.2. The van der Waals surface area contributed by atoms with Crippen molar-refractivity contribution in [2.75, 3.05) is 63.7 Å².